The average molecular weight is 159 g/mol. The Labute approximate surface area is 66.0 Å². The first-order valence-corrected chi connectivity index (χ1v) is 4.79. The molecule has 1 unspecified atom stereocenters. The van der Waals surface area contributed by atoms with Gasteiger partial charge in [0.05, 0.1) is 0 Å². The Morgan fingerprint density at radius 3 is 2.90 bits per heavy atom. The van der Waals surface area contributed by atoms with Gasteiger partial charge in [-0.15, -0.1) is 0 Å². The summed E-state index contributed by atoms with van der Waals surface area (Å²) in [4.78, 5) is 12.9. The molecule has 0 N–H and O–H groups in total. The van der Waals surface area contributed by atoms with Crippen molar-refractivity contribution >= 4 is 17.7 Å². The van der Waals surface area contributed by atoms with Crippen LogP contribution in [0.5, 0.6) is 0 Å². The van der Waals surface area contributed by atoms with Gasteiger partial charge in [0, 0.05) is 25.3 Å². The summed E-state index contributed by atoms with van der Waals surface area (Å²) in [5.74, 6) is 0.297. The summed E-state index contributed by atoms with van der Waals surface area (Å²) in [6.07, 6.45) is 3.96. The molecular weight excluding hydrogens is 146 g/mol. The molecule has 0 aromatic rings. The Kier molecular flexibility index (Phi) is 2.60. The zero-order valence-electron chi connectivity index (χ0n) is 6.46. The molecule has 1 aliphatic heterocycles. The van der Waals surface area contributed by atoms with E-state index in [0.29, 0.717) is 11.2 Å². The van der Waals surface area contributed by atoms with Gasteiger partial charge in [-0.1, -0.05) is 0 Å². The van der Waals surface area contributed by atoms with Crippen LogP contribution in [0, 0.1) is 0 Å². The van der Waals surface area contributed by atoms with E-state index in [-0.39, 0.29) is 0 Å². The molecule has 1 aliphatic rings. The first-order valence-electron chi connectivity index (χ1n) is 3.51. The monoisotopic (exact) mass is 159 g/mol. The smallest absolute Gasteiger partial charge is 0.223 e. The quantitative estimate of drug-likeness (QED) is 0.568. The Hall–Kier alpha value is -0.180. The molecule has 1 amide bonds. The second kappa shape index (κ2) is 3.28. The van der Waals surface area contributed by atoms with Crippen LogP contribution < -0.4 is 0 Å². The Bertz CT molecular complexity index is 138. The lowest BCUT2D eigenvalue weighted by molar-refractivity contribution is -0.131. The van der Waals surface area contributed by atoms with E-state index < -0.39 is 0 Å². The molecule has 0 aliphatic carbocycles. The summed E-state index contributed by atoms with van der Waals surface area (Å²) >= 11 is 1.80. The van der Waals surface area contributed by atoms with E-state index in [2.05, 4.69) is 6.26 Å². The fourth-order valence-electron chi connectivity index (χ4n) is 1.12. The van der Waals surface area contributed by atoms with Crippen molar-refractivity contribution in [1.29, 1.82) is 0 Å². The summed E-state index contributed by atoms with van der Waals surface area (Å²) < 4.78 is 0. The lowest BCUT2D eigenvalue weighted by Gasteiger charge is -2.27. The van der Waals surface area contributed by atoms with Gasteiger partial charge in [-0.25, -0.2) is 0 Å². The second-order valence-corrected chi connectivity index (χ2v) is 3.80. The molecule has 1 rings (SSSR count). The van der Waals surface area contributed by atoms with Crippen molar-refractivity contribution in [2.75, 3.05) is 19.8 Å². The maximum Gasteiger partial charge on any atom is 0.223 e. The van der Waals surface area contributed by atoms with Crippen molar-refractivity contribution in [3.63, 3.8) is 0 Å². The standard InChI is InChI=1S/C7H13NOS/c1-8-4-3-6(10-2)5-7(8)9/h6H,3-5H2,1-2H3. The van der Waals surface area contributed by atoms with Gasteiger partial charge < -0.3 is 4.90 Å². The summed E-state index contributed by atoms with van der Waals surface area (Å²) in [6, 6.07) is 0. The first kappa shape index (κ1) is 7.92. The number of hydrogen-bond acceptors (Lipinski definition) is 2. The van der Waals surface area contributed by atoms with Crippen LogP contribution in [-0.2, 0) is 4.79 Å². The molecule has 1 atom stereocenters. The normalized spacial score (nSPS) is 27.2. The van der Waals surface area contributed by atoms with Crippen molar-refractivity contribution in [2.45, 2.75) is 18.1 Å². The molecule has 58 valence electrons. The highest BCUT2D eigenvalue weighted by Gasteiger charge is 2.21. The molecule has 10 heavy (non-hydrogen) atoms. The third-order valence-corrected chi connectivity index (χ3v) is 3.02. The molecule has 1 fully saturated rings. The average Bonchev–Trinajstić information content (AvgIpc) is 1.95. The van der Waals surface area contributed by atoms with Gasteiger partial charge in [0.25, 0.3) is 0 Å². The zero-order chi connectivity index (χ0) is 7.56. The fourth-order valence-corrected chi connectivity index (χ4v) is 1.77. The number of nitrogens with zero attached hydrogens (tertiary/aromatic N) is 1. The number of rotatable bonds is 1. The van der Waals surface area contributed by atoms with Crippen LogP contribution in [0.1, 0.15) is 12.8 Å². The SMILES string of the molecule is CSC1CCN(C)C(=O)C1. The maximum absolute atomic E-state index is 11.1. The highest BCUT2D eigenvalue weighted by molar-refractivity contribution is 7.99. The summed E-state index contributed by atoms with van der Waals surface area (Å²) in [5.41, 5.74) is 0. The van der Waals surface area contributed by atoms with E-state index in [9.17, 15) is 4.79 Å². The number of piperidine rings is 1. The summed E-state index contributed by atoms with van der Waals surface area (Å²) in [7, 11) is 1.87. The van der Waals surface area contributed by atoms with E-state index in [4.69, 9.17) is 0 Å². The van der Waals surface area contributed by atoms with Gasteiger partial charge >= 0.3 is 0 Å². The highest BCUT2D eigenvalue weighted by Crippen LogP contribution is 2.20. The van der Waals surface area contributed by atoms with Crippen LogP contribution in [0.4, 0.5) is 0 Å². The molecular formula is C7H13NOS. The van der Waals surface area contributed by atoms with Gasteiger partial charge in [0.2, 0.25) is 5.91 Å². The van der Waals surface area contributed by atoms with Crippen molar-refractivity contribution in [3.8, 4) is 0 Å². The molecule has 1 heterocycles. The van der Waals surface area contributed by atoms with Crippen LogP contribution >= 0.6 is 11.8 Å². The topological polar surface area (TPSA) is 20.3 Å². The van der Waals surface area contributed by atoms with E-state index in [1.54, 1.807) is 11.8 Å². The number of hydrogen-bond donors (Lipinski definition) is 0. The first-order chi connectivity index (χ1) is 4.74. The Balaban J connectivity index is 2.41. The number of thioether (sulfide) groups is 1. The number of likely N-dealkylation sites (tertiary alicyclic amines) is 1. The van der Waals surface area contributed by atoms with Gasteiger partial charge in [-0.3, -0.25) is 4.79 Å². The van der Waals surface area contributed by atoms with Crippen molar-refractivity contribution < 1.29 is 4.79 Å². The minimum Gasteiger partial charge on any atom is -0.346 e. The fraction of sp³-hybridized carbons (Fsp3) is 0.857. The third kappa shape index (κ3) is 1.66. The van der Waals surface area contributed by atoms with Gasteiger partial charge in [-0.05, 0) is 12.7 Å². The molecule has 0 radical (unpaired) electrons. The van der Waals surface area contributed by atoms with Crippen LogP contribution in [0.25, 0.3) is 0 Å². The lowest BCUT2D eigenvalue weighted by Crippen LogP contribution is -2.36. The summed E-state index contributed by atoms with van der Waals surface area (Å²) in [6.45, 7) is 0.935. The maximum atomic E-state index is 11.1. The van der Waals surface area contributed by atoms with Crippen LogP contribution in [0.15, 0.2) is 0 Å². The molecule has 0 bridgehead atoms. The Morgan fingerprint density at radius 1 is 1.70 bits per heavy atom. The largest absolute Gasteiger partial charge is 0.346 e. The van der Waals surface area contributed by atoms with Crippen molar-refractivity contribution in [3.05, 3.63) is 0 Å². The lowest BCUT2D eigenvalue weighted by atomic mass is 10.1. The molecule has 2 nitrogen and oxygen atoms in total. The van der Waals surface area contributed by atoms with Crippen LogP contribution in [0.2, 0.25) is 0 Å². The van der Waals surface area contributed by atoms with E-state index in [1.165, 1.54) is 0 Å². The predicted octanol–water partition coefficient (Wildman–Crippen LogP) is 0.970. The highest BCUT2D eigenvalue weighted by atomic mass is 32.2. The molecule has 1 saturated heterocycles. The minimum atomic E-state index is 0.297. The second-order valence-electron chi connectivity index (χ2n) is 2.67. The summed E-state index contributed by atoms with van der Waals surface area (Å²) in [5, 5.41) is 0.573. The molecule has 0 aromatic carbocycles. The molecule has 3 heteroatoms. The molecule has 0 spiro atoms. The Morgan fingerprint density at radius 2 is 2.40 bits per heavy atom. The van der Waals surface area contributed by atoms with Crippen molar-refractivity contribution in [1.82, 2.24) is 4.90 Å². The molecule has 0 saturated carbocycles. The van der Waals surface area contributed by atoms with Crippen molar-refractivity contribution in [2.24, 2.45) is 0 Å². The zero-order valence-corrected chi connectivity index (χ0v) is 7.28. The van der Waals surface area contributed by atoms with Gasteiger partial charge in [0.15, 0.2) is 0 Å². The molecule has 0 aromatic heterocycles. The van der Waals surface area contributed by atoms with E-state index in [0.717, 1.165) is 19.4 Å². The van der Waals surface area contributed by atoms with E-state index in [1.807, 2.05) is 11.9 Å². The number of carbonyl (C=O) groups is 1. The van der Waals surface area contributed by atoms with Gasteiger partial charge in [0.1, 0.15) is 0 Å². The number of carbonyl (C=O) groups excluding carboxylic acids is 1. The van der Waals surface area contributed by atoms with E-state index >= 15 is 0 Å². The third-order valence-electron chi connectivity index (χ3n) is 1.95. The number of amides is 1. The minimum absolute atomic E-state index is 0.297. The van der Waals surface area contributed by atoms with Crippen LogP contribution in [-0.4, -0.2) is 35.9 Å². The van der Waals surface area contributed by atoms with Gasteiger partial charge in [-0.2, -0.15) is 11.8 Å². The van der Waals surface area contributed by atoms with Crippen LogP contribution in [0.3, 0.4) is 0 Å². The predicted molar refractivity (Wildman–Crippen MR) is 44.2 cm³/mol.